The quantitative estimate of drug-likeness (QED) is 0.721. The molecule has 0 amide bonds. The highest BCUT2D eigenvalue weighted by molar-refractivity contribution is 5.31. The molecule has 1 aromatic carbocycles. The zero-order valence-corrected chi connectivity index (χ0v) is 8.39. The molecule has 0 heterocycles. The van der Waals surface area contributed by atoms with Crippen molar-refractivity contribution in [3.8, 4) is 5.75 Å². The van der Waals surface area contributed by atoms with Crippen molar-refractivity contribution in [3.63, 3.8) is 0 Å². The number of rotatable bonds is 4. The van der Waals surface area contributed by atoms with Crippen LogP contribution in [-0.2, 0) is 5.92 Å². The highest BCUT2D eigenvalue weighted by atomic mass is 19.3. The number of methoxy groups -OCH3 is 1. The number of ether oxygens (including phenoxy) is 1. The lowest BCUT2D eigenvalue weighted by Crippen LogP contribution is -2.12. The molecule has 1 aromatic rings. The summed E-state index contributed by atoms with van der Waals surface area (Å²) in [6.45, 7) is 1.74. The van der Waals surface area contributed by atoms with Crippen LogP contribution in [-0.4, -0.2) is 7.11 Å². The van der Waals surface area contributed by atoms with Crippen LogP contribution in [0.25, 0.3) is 0 Å². The Morgan fingerprint density at radius 1 is 1.36 bits per heavy atom. The van der Waals surface area contributed by atoms with Gasteiger partial charge in [-0.3, -0.25) is 0 Å². The molecule has 0 bridgehead atoms. The Hall–Kier alpha value is -1.12. The van der Waals surface area contributed by atoms with Crippen LogP contribution in [0.5, 0.6) is 5.75 Å². The summed E-state index contributed by atoms with van der Waals surface area (Å²) in [6.07, 6.45) is 0.338. The molecule has 1 rings (SSSR count). The third-order valence-corrected chi connectivity index (χ3v) is 2.06. The molecular weight excluding hydrogens is 186 g/mol. The zero-order chi connectivity index (χ0) is 10.6. The maximum absolute atomic E-state index is 13.4. The molecule has 0 aliphatic carbocycles. The summed E-state index contributed by atoms with van der Waals surface area (Å²) >= 11 is 0. The minimum absolute atomic E-state index is 0.0266. The van der Waals surface area contributed by atoms with E-state index in [1.807, 2.05) is 0 Å². The van der Waals surface area contributed by atoms with E-state index in [-0.39, 0.29) is 12.0 Å². The van der Waals surface area contributed by atoms with Crippen LogP contribution < -0.4 is 4.74 Å². The summed E-state index contributed by atoms with van der Waals surface area (Å²) in [7, 11) is 1.47. The van der Waals surface area contributed by atoms with Crippen molar-refractivity contribution in [1.82, 2.24) is 0 Å². The molecule has 0 N–H and O–H groups in total. The Labute approximate surface area is 82.7 Å². The van der Waals surface area contributed by atoms with Crippen LogP contribution in [0.4, 0.5) is 8.78 Å². The van der Waals surface area contributed by atoms with E-state index in [0.29, 0.717) is 12.2 Å². The molecule has 0 saturated carbocycles. The van der Waals surface area contributed by atoms with Crippen molar-refractivity contribution >= 4 is 0 Å². The van der Waals surface area contributed by atoms with Crippen molar-refractivity contribution in [2.75, 3.05) is 7.11 Å². The number of benzene rings is 1. The number of hydrogen-bond acceptors (Lipinski definition) is 1. The molecule has 14 heavy (non-hydrogen) atoms. The molecule has 0 spiro atoms. The Morgan fingerprint density at radius 2 is 2.07 bits per heavy atom. The molecule has 0 aromatic heterocycles. The molecule has 0 saturated heterocycles. The first-order valence-corrected chi connectivity index (χ1v) is 4.62. The lowest BCUT2D eigenvalue weighted by Gasteiger charge is -2.16. The summed E-state index contributed by atoms with van der Waals surface area (Å²) in [5.41, 5.74) is 0.0266. The van der Waals surface area contributed by atoms with Gasteiger partial charge in [0.1, 0.15) is 5.75 Å². The van der Waals surface area contributed by atoms with Crippen LogP contribution in [0, 0.1) is 0 Å². The fraction of sp³-hybridized carbons (Fsp3) is 0.455. The van der Waals surface area contributed by atoms with E-state index in [9.17, 15) is 8.78 Å². The summed E-state index contributed by atoms with van der Waals surface area (Å²) in [6, 6.07) is 6.05. The largest absolute Gasteiger partial charge is 0.497 e. The smallest absolute Gasteiger partial charge is 0.273 e. The average Bonchev–Trinajstić information content (AvgIpc) is 2.18. The second-order valence-corrected chi connectivity index (χ2v) is 3.19. The molecular formula is C11H14F2O. The molecule has 0 fully saturated rings. The summed E-state index contributed by atoms with van der Waals surface area (Å²) in [5.74, 6) is -2.28. The maximum atomic E-state index is 13.4. The first-order valence-electron chi connectivity index (χ1n) is 4.62. The predicted molar refractivity (Wildman–Crippen MR) is 51.8 cm³/mol. The first kappa shape index (κ1) is 11.0. The van der Waals surface area contributed by atoms with Crippen molar-refractivity contribution in [3.05, 3.63) is 29.8 Å². The fourth-order valence-electron chi connectivity index (χ4n) is 1.31. The molecule has 0 atom stereocenters. The predicted octanol–water partition coefficient (Wildman–Crippen LogP) is 3.59. The lowest BCUT2D eigenvalue weighted by atomic mass is 10.0. The molecule has 1 nitrogen and oxygen atoms in total. The van der Waals surface area contributed by atoms with Crippen LogP contribution >= 0.6 is 0 Å². The summed E-state index contributed by atoms with van der Waals surface area (Å²) in [5, 5.41) is 0. The Kier molecular flexibility index (Phi) is 3.44. The lowest BCUT2D eigenvalue weighted by molar-refractivity contribution is -0.0142. The van der Waals surface area contributed by atoms with Gasteiger partial charge in [0.25, 0.3) is 5.92 Å². The van der Waals surface area contributed by atoms with Crippen molar-refractivity contribution < 1.29 is 13.5 Å². The minimum atomic E-state index is -2.75. The van der Waals surface area contributed by atoms with E-state index in [1.54, 1.807) is 19.1 Å². The van der Waals surface area contributed by atoms with Gasteiger partial charge < -0.3 is 4.74 Å². The Bertz CT molecular complexity index is 297. The van der Waals surface area contributed by atoms with Crippen LogP contribution in [0.1, 0.15) is 25.3 Å². The van der Waals surface area contributed by atoms with Gasteiger partial charge in [-0.1, -0.05) is 25.5 Å². The van der Waals surface area contributed by atoms with Gasteiger partial charge in [-0.05, 0) is 12.1 Å². The summed E-state index contributed by atoms with van der Waals surface area (Å²) < 4.78 is 31.7. The van der Waals surface area contributed by atoms with Gasteiger partial charge in [-0.25, -0.2) is 8.78 Å². The molecule has 0 aliphatic heterocycles. The maximum Gasteiger partial charge on any atom is 0.273 e. The monoisotopic (exact) mass is 200 g/mol. The van der Waals surface area contributed by atoms with Crippen molar-refractivity contribution in [1.29, 1.82) is 0 Å². The standard InChI is InChI=1S/C11H14F2O/c1-3-7-11(12,13)9-5-4-6-10(8-9)14-2/h4-6,8H,3,7H2,1-2H3. The van der Waals surface area contributed by atoms with Gasteiger partial charge in [0, 0.05) is 12.0 Å². The third-order valence-electron chi connectivity index (χ3n) is 2.06. The van der Waals surface area contributed by atoms with Crippen LogP contribution in [0.15, 0.2) is 24.3 Å². The highest BCUT2D eigenvalue weighted by Crippen LogP contribution is 2.34. The van der Waals surface area contributed by atoms with E-state index in [4.69, 9.17) is 4.74 Å². The van der Waals surface area contributed by atoms with Crippen LogP contribution in [0.3, 0.4) is 0 Å². The molecule has 0 unspecified atom stereocenters. The molecule has 78 valence electrons. The van der Waals surface area contributed by atoms with Gasteiger partial charge >= 0.3 is 0 Å². The van der Waals surface area contributed by atoms with Gasteiger partial charge in [0.05, 0.1) is 7.11 Å². The molecule has 0 aliphatic rings. The number of alkyl halides is 2. The second-order valence-electron chi connectivity index (χ2n) is 3.19. The highest BCUT2D eigenvalue weighted by Gasteiger charge is 2.30. The number of halogens is 2. The van der Waals surface area contributed by atoms with E-state index in [0.717, 1.165) is 0 Å². The van der Waals surface area contributed by atoms with Gasteiger partial charge in [0.15, 0.2) is 0 Å². The normalized spacial score (nSPS) is 11.4. The summed E-state index contributed by atoms with van der Waals surface area (Å²) in [4.78, 5) is 0. The average molecular weight is 200 g/mol. The third kappa shape index (κ3) is 2.44. The van der Waals surface area contributed by atoms with E-state index in [1.165, 1.54) is 19.2 Å². The second kappa shape index (κ2) is 4.40. The van der Waals surface area contributed by atoms with Gasteiger partial charge in [-0.15, -0.1) is 0 Å². The Morgan fingerprint density at radius 3 is 2.64 bits per heavy atom. The zero-order valence-electron chi connectivity index (χ0n) is 8.39. The minimum Gasteiger partial charge on any atom is -0.497 e. The van der Waals surface area contributed by atoms with E-state index in [2.05, 4.69) is 0 Å². The van der Waals surface area contributed by atoms with Gasteiger partial charge in [-0.2, -0.15) is 0 Å². The SMILES string of the molecule is CCCC(F)(F)c1cccc(OC)c1. The van der Waals surface area contributed by atoms with Crippen molar-refractivity contribution in [2.24, 2.45) is 0 Å². The molecule has 3 heteroatoms. The van der Waals surface area contributed by atoms with E-state index >= 15 is 0 Å². The van der Waals surface area contributed by atoms with Crippen molar-refractivity contribution in [2.45, 2.75) is 25.7 Å². The first-order chi connectivity index (χ1) is 6.60. The fourth-order valence-corrected chi connectivity index (χ4v) is 1.31. The van der Waals surface area contributed by atoms with Crippen LogP contribution in [0.2, 0.25) is 0 Å². The number of hydrogen-bond donors (Lipinski definition) is 0. The molecule has 0 radical (unpaired) electrons. The topological polar surface area (TPSA) is 9.23 Å². The van der Waals surface area contributed by atoms with E-state index < -0.39 is 5.92 Å². The Balaban J connectivity index is 2.93. The van der Waals surface area contributed by atoms with Gasteiger partial charge in [0.2, 0.25) is 0 Å².